The molecule has 4 heteroatoms. The predicted molar refractivity (Wildman–Crippen MR) is 224 cm³/mol. The molecule has 263 valence electrons. The first kappa shape index (κ1) is 39.3. The van der Waals surface area contributed by atoms with Crippen LogP contribution in [0.5, 0.6) is 0 Å². The second-order valence-electron chi connectivity index (χ2n) is 17.4. The number of hydrogen-bond donors (Lipinski definition) is 0. The van der Waals surface area contributed by atoms with Gasteiger partial charge in [-0.25, -0.2) is 0 Å². The van der Waals surface area contributed by atoms with Crippen LogP contribution >= 0.6 is 24.8 Å². The predicted octanol–water partition coefficient (Wildman–Crippen LogP) is 13.5. The van der Waals surface area contributed by atoms with E-state index in [-0.39, 0.29) is 35.6 Å². The first-order valence-electron chi connectivity index (χ1n) is 18.5. The third-order valence-electron chi connectivity index (χ3n) is 12.1. The molecule has 0 radical (unpaired) electrons. The van der Waals surface area contributed by atoms with Crippen molar-refractivity contribution in [2.24, 2.45) is 0 Å². The molecule has 0 bridgehead atoms. The van der Waals surface area contributed by atoms with Gasteiger partial charge in [0.2, 0.25) is 0 Å². The Morgan fingerprint density at radius 3 is 1.28 bits per heavy atom. The van der Waals surface area contributed by atoms with Gasteiger partial charge in [0.25, 0.3) is 0 Å². The van der Waals surface area contributed by atoms with Gasteiger partial charge in [-0.15, -0.1) is 24.8 Å². The standard InChI is InChI=1S/2C20H21.C6H11.2ClH.H2Si.Zr/c2*1-14-12-16-6-5-7-18(19(16)13-14)15-8-10-17(11-9-15)20(2,3)4;1-2-4-6-5-3-1;;;;/h2*5-13H,1-4H3;1H,2-6H2;2*1H;1H2;. The minimum absolute atomic E-state index is 0. The average Bonchev–Trinajstić information content (AvgIpc) is 3.60. The smallest absolute Gasteiger partial charge is 0.147 e. The van der Waals surface area contributed by atoms with Crippen molar-refractivity contribution in [2.45, 2.75) is 109 Å². The van der Waals surface area contributed by atoms with Crippen molar-refractivity contribution < 1.29 is 18.9 Å². The number of halogens is 2. The van der Waals surface area contributed by atoms with Crippen LogP contribution in [0.2, 0.25) is 3.63 Å². The molecule has 0 N–H and O–H groups in total. The maximum absolute atomic E-state index is 3.13. The van der Waals surface area contributed by atoms with E-state index in [4.69, 9.17) is 0 Å². The summed E-state index contributed by atoms with van der Waals surface area (Å²) in [6, 6.07) is 33.4. The van der Waals surface area contributed by atoms with Crippen LogP contribution in [0.15, 0.2) is 96.1 Å². The van der Waals surface area contributed by atoms with Gasteiger partial charge in [0.05, 0.1) is 0 Å². The Labute approximate surface area is 321 Å². The molecule has 3 aliphatic carbocycles. The molecule has 0 heterocycles. The van der Waals surface area contributed by atoms with Crippen molar-refractivity contribution in [3.8, 4) is 22.3 Å². The molecule has 1 saturated carbocycles. The Morgan fingerprint density at radius 1 is 0.540 bits per heavy atom. The van der Waals surface area contributed by atoms with E-state index in [1.165, 1.54) is 76.6 Å². The molecule has 2 atom stereocenters. The molecule has 0 nitrogen and oxygen atoms in total. The number of benzene rings is 4. The van der Waals surface area contributed by atoms with Crippen molar-refractivity contribution in [1.82, 2.24) is 0 Å². The molecule has 4 aromatic rings. The van der Waals surface area contributed by atoms with Gasteiger partial charge in [-0.2, -0.15) is 0 Å². The van der Waals surface area contributed by atoms with Crippen molar-refractivity contribution in [3.63, 3.8) is 0 Å². The summed E-state index contributed by atoms with van der Waals surface area (Å²) in [5.74, 6) is 0. The quantitative estimate of drug-likeness (QED) is 0.176. The Hall–Kier alpha value is -1.96. The molecule has 4 aromatic carbocycles. The third-order valence-corrected chi connectivity index (χ3v) is 34.6. The summed E-state index contributed by atoms with van der Waals surface area (Å²) in [6.07, 6.45) is 12.3. The fourth-order valence-electron chi connectivity index (χ4n) is 9.61. The topological polar surface area (TPSA) is 0 Å². The van der Waals surface area contributed by atoms with Crippen LogP contribution in [-0.4, -0.2) is 6.88 Å². The van der Waals surface area contributed by atoms with Crippen LogP contribution < -0.4 is 0 Å². The van der Waals surface area contributed by atoms with Crippen molar-refractivity contribution in [3.05, 3.63) is 129 Å². The molecule has 0 aromatic heterocycles. The van der Waals surface area contributed by atoms with E-state index < -0.39 is 18.9 Å². The Balaban J connectivity index is 0.00000243. The zero-order chi connectivity index (χ0) is 34.0. The van der Waals surface area contributed by atoms with Crippen LogP contribution in [0.25, 0.3) is 34.4 Å². The maximum Gasteiger partial charge on any atom is -0.147 e. The monoisotopic (exact) mass is 797 g/mol. The van der Waals surface area contributed by atoms with Gasteiger partial charge in [-0.05, 0) is 0 Å². The van der Waals surface area contributed by atoms with Crippen LogP contribution in [0.4, 0.5) is 0 Å². The van der Waals surface area contributed by atoms with E-state index in [1.54, 1.807) is 22.3 Å². The molecule has 1 fully saturated rings. The molecule has 0 amide bonds. The van der Waals surface area contributed by atoms with Gasteiger partial charge in [0.1, 0.15) is 0 Å². The zero-order valence-electron chi connectivity index (χ0n) is 31.5. The van der Waals surface area contributed by atoms with E-state index >= 15 is 0 Å². The Bertz CT molecular complexity index is 1830. The summed E-state index contributed by atoms with van der Waals surface area (Å²) in [5.41, 5.74) is 18.2. The first-order chi connectivity index (χ1) is 22.8. The Kier molecular flexibility index (Phi) is 11.6. The van der Waals surface area contributed by atoms with Crippen LogP contribution in [0.1, 0.15) is 128 Å². The van der Waals surface area contributed by atoms with E-state index in [1.807, 2.05) is 0 Å². The van der Waals surface area contributed by atoms with Crippen molar-refractivity contribution in [2.75, 3.05) is 0 Å². The number of hydrogen-bond acceptors (Lipinski definition) is 0. The van der Waals surface area contributed by atoms with Gasteiger partial charge in [0.15, 0.2) is 0 Å². The number of fused-ring (bicyclic) bond motifs is 2. The van der Waals surface area contributed by atoms with Gasteiger partial charge < -0.3 is 0 Å². The minimum Gasteiger partial charge on any atom is -0.147 e. The van der Waals surface area contributed by atoms with Crippen molar-refractivity contribution in [1.29, 1.82) is 0 Å². The molecular formula is C46H57Cl2SiZr. The van der Waals surface area contributed by atoms with Gasteiger partial charge in [-0.3, -0.25) is 0 Å². The molecular weight excluding hydrogens is 743 g/mol. The first-order valence-corrected chi connectivity index (χ1v) is 28.7. The Morgan fingerprint density at radius 2 is 0.920 bits per heavy atom. The van der Waals surface area contributed by atoms with E-state index in [9.17, 15) is 0 Å². The molecule has 0 aliphatic heterocycles. The maximum atomic E-state index is 2.61. The van der Waals surface area contributed by atoms with Crippen LogP contribution in [0, 0.1) is 0 Å². The normalized spacial score (nSPS) is 20.1. The number of rotatable bonds is 5. The van der Waals surface area contributed by atoms with E-state index in [2.05, 4.69) is 159 Å². The van der Waals surface area contributed by atoms with Gasteiger partial charge in [-0.1, -0.05) is 0 Å². The summed E-state index contributed by atoms with van der Waals surface area (Å²) >= 11 is -3.13. The van der Waals surface area contributed by atoms with Crippen LogP contribution in [0.3, 0.4) is 0 Å². The second-order valence-corrected chi connectivity index (χ2v) is 34.9. The summed E-state index contributed by atoms with van der Waals surface area (Å²) in [7, 11) is 0. The fourth-order valence-corrected chi connectivity index (χ4v) is 33.9. The van der Waals surface area contributed by atoms with Crippen LogP contribution in [-0.2, 0) is 29.7 Å². The summed E-state index contributed by atoms with van der Waals surface area (Å²) in [5, 5.41) is 0. The molecule has 2 unspecified atom stereocenters. The summed E-state index contributed by atoms with van der Waals surface area (Å²) in [4.78, 5) is 0. The van der Waals surface area contributed by atoms with Crippen molar-refractivity contribution >= 4 is 43.8 Å². The third kappa shape index (κ3) is 6.94. The van der Waals surface area contributed by atoms with Gasteiger partial charge in [0, 0.05) is 0 Å². The second kappa shape index (κ2) is 14.8. The largest absolute Gasteiger partial charge is 0.147 e. The van der Waals surface area contributed by atoms with Gasteiger partial charge >= 0.3 is 299 Å². The fraction of sp³-hybridized carbons (Fsp3) is 0.391. The molecule has 7 rings (SSSR count). The summed E-state index contributed by atoms with van der Waals surface area (Å²) in [6.45, 7) is 21.4. The molecule has 3 aliphatic rings. The minimum atomic E-state index is -3.13. The zero-order valence-corrected chi connectivity index (χ0v) is 37.0. The summed E-state index contributed by atoms with van der Waals surface area (Å²) < 4.78 is 2.12. The van der Waals surface area contributed by atoms with E-state index in [0.29, 0.717) is 7.25 Å². The number of allylic oxidation sites excluding steroid dienone is 2. The van der Waals surface area contributed by atoms with E-state index in [0.717, 1.165) is 3.63 Å². The molecule has 0 saturated heterocycles. The SMILES string of the molecule is CC1=Cc2c(-c3ccc(C(C)(C)C)cc3)cccc2[CH]1[Zr](=[SiH2])([CH]1CCCCC1)[CH]1C(C)=Cc2c(-c3ccc(C(C)(C)C)cc3)cccc21.Cl.Cl. The molecule has 50 heavy (non-hydrogen) atoms. The molecule has 0 spiro atoms. The average molecular weight is 800 g/mol.